The third kappa shape index (κ3) is 3.61. The van der Waals surface area contributed by atoms with Crippen molar-refractivity contribution in [1.29, 1.82) is 0 Å². The second-order valence-electron chi connectivity index (χ2n) is 4.48. The van der Waals surface area contributed by atoms with Gasteiger partial charge in [0.2, 0.25) is 0 Å². The molecule has 0 radical (unpaired) electrons. The molecule has 1 aliphatic rings. The fourth-order valence-electron chi connectivity index (χ4n) is 1.81. The summed E-state index contributed by atoms with van der Waals surface area (Å²) in [4.78, 5) is 23.5. The Bertz CT molecular complexity index is 475. The number of esters is 1. The van der Waals surface area contributed by atoms with Crippen LogP contribution in [0.4, 0.5) is 0 Å². The summed E-state index contributed by atoms with van der Waals surface area (Å²) in [7, 11) is -0.584. The maximum absolute atomic E-state index is 11.6. The van der Waals surface area contributed by atoms with Gasteiger partial charge in [-0.1, -0.05) is 13.8 Å². The van der Waals surface area contributed by atoms with E-state index >= 15 is 0 Å². The van der Waals surface area contributed by atoms with Gasteiger partial charge < -0.3 is 9.29 Å². The second-order valence-corrected chi connectivity index (χ2v) is 7.49. The van der Waals surface area contributed by atoms with Gasteiger partial charge in [-0.25, -0.2) is 4.79 Å². The number of methoxy groups -OCH3 is 1. The van der Waals surface area contributed by atoms with E-state index in [4.69, 9.17) is 0 Å². The lowest BCUT2D eigenvalue weighted by molar-refractivity contribution is -0.135. The highest BCUT2D eigenvalue weighted by Gasteiger charge is 2.37. The zero-order valence-corrected chi connectivity index (χ0v) is 13.2. The van der Waals surface area contributed by atoms with Crippen LogP contribution in [0.2, 0.25) is 0 Å². The summed E-state index contributed by atoms with van der Waals surface area (Å²) in [6.45, 7) is 4.00. The van der Waals surface area contributed by atoms with Crippen LogP contribution in [0.1, 0.15) is 37.0 Å². The molecule has 0 spiro atoms. The van der Waals surface area contributed by atoms with Crippen molar-refractivity contribution in [2.75, 3.05) is 13.4 Å². The van der Waals surface area contributed by atoms with E-state index in [2.05, 4.69) is 4.74 Å². The van der Waals surface area contributed by atoms with Gasteiger partial charge in [-0.3, -0.25) is 4.79 Å². The first-order valence-corrected chi connectivity index (χ1v) is 8.75. The number of hydrogen-bond acceptors (Lipinski definition) is 4. The Morgan fingerprint density at radius 2 is 1.70 bits per heavy atom. The highest BCUT2D eigenvalue weighted by molar-refractivity contribution is 8.29. The summed E-state index contributed by atoms with van der Waals surface area (Å²) in [5.41, 5.74) is 0.289. The first-order valence-electron chi connectivity index (χ1n) is 6.69. The number of Topliss-reactive ketones (excluding diaryl/α,β-unsaturated/α-hetero) is 1. The Kier molecular flexibility index (Phi) is 5.77. The fourth-order valence-corrected chi connectivity index (χ4v) is 3.94. The Morgan fingerprint density at radius 1 is 1.20 bits per heavy atom. The van der Waals surface area contributed by atoms with Crippen LogP contribution < -0.4 is 0 Å². The molecule has 1 aromatic carbocycles. The van der Waals surface area contributed by atoms with Crippen molar-refractivity contribution in [1.82, 2.24) is 0 Å². The van der Waals surface area contributed by atoms with E-state index in [1.807, 2.05) is 20.1 Å². The molecule has 1 fully saturated rings. The number of benzene rings is 1. The zero-order chi connectivity index (χ0) is 15.3. The van der Waals surface area contributed by atoms with Crippen molar-refractivity contribution < 1.29 is 18.9 Å². The molecule has 0 saturated heterocycles. The van der Waals surface area contributed by atoms with E-state index in [1.165, 1.54) is 7.11 Å². The van der Waals surface area contributed by atoms with Crippen LogP contribution in [-0.2, 0) is 9.53 Å². The normalized spacial score (nSPS) is 18.1. The van der Waals surface area contributed by atoms with E-state index in [0.717, 1.165) is 17.7 Å². The quantitative estimate of drug-likeness (QED) is 0.525. The van der Waals surface area contributed by atoms with Crippen LogP contribution in [0.5, 0.6) is 0 Å². The van der Waals surface area contributed by atoms with Crippen molar-refractivity contribution in [3.05, 3.63) is 29.8 Å². The Hall–Kier alpha value is -1.33. The number of carbonyl (C=O) groups excluding carboxylic acids is 2. The molecule has 5 heteroatoms. The molecule has 1 unspecified atom stereocenters. The van der Waals surface area contributed by atoms with Crippen LogP contribution in [0.25, 0.3) is 0 Å². The molecule has 1 saturated carbocycles. The molecule has 0 amide bonds. The molecule has 1 aromatic rings. The molecule has 112 valence electrons. The molecule has 0 bridgehead atoms. The first kappa shape index (κ1) is 16.7. The second kappa shape index (κ2) is 6.90. The minimum absolute atomic E-state index is 0.289. The molecular weight excluding hydrogens is 276 g/mol. The van der Waals surface area contributed by atoms with Gasteiger partial charge in [0.05, 0.1) is 7.11 Å². The van der Waals surface area contributed by atoms with Crippen LogP contribution in [0, 0.1) is 0 Å². The van der Waals surface area contributed by atoms with Crippen LogP contribution in [0.3, 0.4) is 0 Å². The highest BCUT2D eigenvalue weighted by Crippen LogP contribution is 2.61. The van der Waals surface area contributed by atoms with Gasteiger partial charge in [-0.2, -0.15) is 0 Å². The molecule has 1 atom stereocenters. The van der Waals surface area contributed by atoms with Gasteiger partial charge >= 0.3 is 5.97 Å². The fraction of sp³-hybridized carbons (Fsp3) is 0.467. The first-order chi connectivity index (χ1) is 9.46. The number of hydrogen-bond donors (Lipinski definition) is 1. The monoisotopic (exact) mass is 298 g/mol. The average molecular weight is 298 g/mol. The number of ether oxygens (including phenoxy) is 1. The molecule has 0 heterocycles. The summed E-state index contributed by atoms with van der Waals surface area (Å²) < 4.78 is 14.8. The van der Waals surface area contributed by atoms with Crippen LogP contribution in [0.15, 0.2) is 29.2 Å². The van der Waals surface area contributed by atoms with Gasteiger partial charge in [-0.05, 0) is 43.4 Å². The van der Waals surface area contributed by atoms with Gasteiger partial charge in [0, 0.05) is 15.7 Å². The van der Waals surface area contributed by atoms with Gasteiger partial charge in [0.1, 0.15) is 0 Å². The Labute approximate surface area is 121 Å². The number of ketones is 1. The van der Waals surface area contributed by atoms with Crippen molar-refractivity contribution in [2.24, 2.45) is 0 Å². The molecule has 4 nitrogen and oxygen atoms in total. The molecule has 2 rings (SSSR count). The van der Waals surface area contributed by atoms with Crippen LogP contribution >= 0.6 is 10.3 Å². The van der Waals surface area contributed by atoms with Crippen molar-refractivity contribution in [3.63, 3.8) is 0 Å². The van der Waals surface area contributed by atoms with Gasteiger partial charge in [0.25, 0.3) is 5.78 Å². The number of carbonyl (C=O) groups is 2. The topological polar surface area (TPSA) is 63.6 Å². The van der Waals surface area contributed by atoms with Gasteiger partial charge in [-0.15, -0.1) is 10.3 Å². The lowest BCUT2D eigenvalue weighted by atomic mass is 10.1. The summed E-state index contributed by atoms with van der Waals surface area (Å²) in [6, 6.07) is 6.59. The molecule has 1 N–H and O–H groups in total. The molecule has 0 aliphatic heterocycles. The maximum Gasteiger partial charge on any atom is 0.379 e. The molecule has 20 heavy (non-hydrogen) atoms. The van der Waals surface area contributed by atoms with E-state index in [1.54, 1.807) is 24.3 Å². The minimum Gasteiger partial charge on any atom is -0.463 e. The molecule has 0 aromatic heterocycles. The maximum atomic E-state index is 11.6. The summed E-state index contributed by atoms with van der Waals surface area (Å²) in [5.74, 6) is -1.53. The van der Waals surface area contributed by atoms with Crippen molar-refractivity contribution in [3.8, 4) is 0 Å². The summed E-state index contributed by atoms with van der Waals surface area (Å²) in [6.07, 6.45) is 3.98. The third-order valence-electron chi connectivity index (χ3n) is 3.14. The lowest BCUT2D eigenvalue weighted by Crippen LogP contribution is -2.15. The van der Waals surface area contributed by atoms with Crippen molar-refractivity contribution in [2.45, 2.75) is 36.8 Å². The summed E-state index contributed by atoms with van der Waals surface area (Å²) in [5, 5.41) is 0.375. The van der Waals surface area contributed by atoms with E-state index < -0.39 is 22.1 Å². The van der Waals surface area contributed by atoms with E-state index in [0.29, 0.717) is 5.25 Å². The predicted molar refractivity (Wildman–Crippen MR) is 81.6 cm³/mol. The number of rotatable bonds is 4. The Balaban J connectivity index is 0.000000956. The van der Waals surface area contributed by atoms with Crippen LogP contribution in [-0.4, -0.2) is 34.9 Å². The molecular formula is C15H22O4S. The SMILES string of the molecule is CC.COC(=O)C(=O)c1ccc(S(C)(O)C2CC2)cc1. The largest absolute Gasteiger partial charge is 0.463 e. The lowest BCUT2D eigenvalue weighted by Gasteiger charge is -2.29. The van der Waals surface area contributed by atoms with E-state index in [9.17, 15) is 14.1 Å². The zero-order valence-electron chi connectivity index (χ0n) is 12.4. The Morgan fingerprint density at radius 3 is 2.10 bits per heavy atom. The average Bonchev–Trinajstić information content (AvgIpc) is 3.33. The highest BCUT2D eigenvalue weighted by atomic mass is 32.3. The standard InChI is InChI=1S/C13H16O4S.C2H6/c1-17-13(15)12(14)9-3-5-10(6-4-9)18(2,16)11-7-8-11;1-2/h3-6,11,16H,7-8H2,1-2H3;1-2H3. The smallest absolute Gasteiger partial charge is 0.379 e. The third-order valence-corrected chi connectivity index (χ3v) is 6.13. The summed E-state index contributed by atoms with van der Waals surface area (Å²) >= 11 is 0. The minimum atomic E-state index is -1.76. The predicted octanol–water partition coefficient (Wildman–Crippen LogP) is 3.50. The van der Waals surface area contributed by atoms with E-state index in [-0.39, 0.29) is 5.56 Å². The van der Waals surface area contributed by atoms with Gasteiger partial charge in [0.15, 0.2) is 0 Å². The van der Waals surface area contributed by atoms with Crippen molar-refractivity contribution >= 4 is 22.1 Å². The molecule has 1 aliphatic carbocycles.